The number of halogens is 1. The fourth-order valence-electron chi connectivity index (χ4n) is 3.28. The minimum absolute atomic E-state index is 0.0964. The van der Waals surface area contributed by atoms with E-state index in [0.717, 1.165) is 10.9 Å². The van der Waals surface area contributed by atoms with Gasteiger partial charge >= 0.3 is 0 Å². The van der Waals surface area contributed by atoms with Crippen LogP contribution in [0.2, 0.25) is 0 Å². The zero-order chi connectivity index (χ0) is 17.3. The Kier molecular flexibility index (Phi) is 4.60. The number of rotatable bonds is 4. The van der Waals surface area contributed by atoms with E-state index in [1.54, 1.807) is 0 Å². The number of carbonyl (C=O) groups excluding carboxylic acids is 1. The third-order valence-corrected chi connectivity index (χ3v) is 4.46. The number of fused-ring (bicyclic) bond motifs is 1. The van der Waals surface area contributed by atoms with Gasteiger partial charge in [0.2, 0.25) is 0 Å². The van der Waals surface area contributed by atoms with Crippen LogP contribution in [0.3, 0.4) is 0 Å². The van der Waals surface area contributed by atoms with Crippen LogP contribution in [0.15, 0.2) is 28.7 Å². The van der Waals surface area contributed by atoms with Gasteiger partial charge in [-0.05, 0) is 33.0 Å². The van der Waals surface area contributed by atoms with Crippen molar-refractivity contribution in [2.24, 2.45) is 0 Å². The molecule has 1 aliphatic heterocycles. The molecule has 1 aromatic heterocycles. The lowest BCUT2D eigenvalue weighted by molar-refractivity contribution is 0.000582. The monoisotopic (exact) mass is 334 g/mol. The molecule has 6 heteroatoms. The van der Waals surface area contributed by atoms with Crippen LogP contribution >= 0.6 is 0 Å². The van der Waals surface area contributed by atoms with E-state index < -0.39 is 12.3 Å². The van der Waals surface area contributed by atoms with E-state index in [1.165, 1.54) is 4.90 Å². The van der Waals surface area contributed by atoms with Gasteiger partial charge in [0, 0.05) is 24.0 Å². The minimum Gasteiger partial charge on any atom is -0.451 e. The first-order chi connectivity index (χ1) is 11.4. The van der Waals surface area contributed by atoms with Crippen LogP contribution in [0.1, 0.15) is 29.0 Å². The molecule has 1 atom stereocenters. The molecule has 5 nitrogen and oxygen atoms in total. The second kappa shape index (κ2) is 6.53. The Bertz CT molecular complexity index is 743. The van der Waals surface area contributed by atoms with E-state index in [-0.39, 0.29) is 24.6 Å². The maximum absolute atomic E-state index is 14.5. The normalized spacial score (nSPS) is 21.6. The summed E-state index contributed by atoms with van der Waals surface area (Å²) in [5.74, 6) is -0.0367. The summed E-state index contributed by atoms with van der Waals surface area (Å²) in [6, 6.07) is 7.52. The molecule has 1 aromatic carbocycles. The van der Waals surface area contributed by atoms with Crippen molar-refractivity contribution >= 4 is 16.9 Å². The molecule has 24 heavy (non-hydrogen) atoms. The first-order valence-corrected chi connectivity index (χ1v) is 8.18. The van der Waals surface area contributed by atoms with Crippen LogP contribution in [-0.4, -0.2) is 60.3 Å². The van der Waals surface area contributed by atoms with Gasteiger partial charge in [0.05, 0.1) is 13.2 Å². The highest BCUT2D eigenvalue weighted by Crippen LogP contribution is 2.30. The summed E-state index contributed by atoms with van der Waals surface area (Å²) in [6.45, 7) is 0.373. The Morgan fingerprint density at radius 2 is 2.17 bits per heavy atom. The highest BCUT2D eigenvalue weighted by atomic mass is 19.1. The number of furan rings is 1. The molecule has 0 radical (unpaired) electrons. The van der Waals surface area contributed by atoms with E-state index in [1.807, 2.05) is 43.3 Å². The van der Waals surface area contributed by atoms with Gasteiger partial charge in [-0.2, -0.15) is 0 Å². The van der Waals surface area contributed by atoms with E-state index >= 15 is 0 Å². The molecule has 0 bridgehead atoms. The third kappa shape index (κ3) is 3.16. The quantitative estimate of drug-likeness (QED) is 0.933. The second-order valence-corrected chi connectivity index (χ2v) is 6.78. The number of likely N-dealkylation sites (tertiary alicyclic amines) is 1. The van der Waals surface area contributed by atoms with Gasteiger partial charge in [0.15, 0.2) is 11.4 Å². The van der Waals surface area contributed by atoms with Crippen LogP contribution in [0, 0.1) is 0 Å². The third-order valence-electron chi connectivity index (χ3n) is 4.46. The van der Waals surface area contributed by atoms with Crippen molar-refractivity contribution in [2.45, 2.75) is 25.1 Å². The summed E-state index contributed by atoms with van der Waals surface area (Å²) in [5, 5.41) is 10.2. The molecule has 130 valence electrons. The largest absolute Gasteiger partial charge is 0.451 e. The van der Waals surface area contributed by atoms with Crippen LogP contribution in [0.5, 0.6) is 0 Å². The van der Waals surface area contributed by atoms with Crippen molar-refractivity contribution < 1.29 is 18.7 Å². The summed E-state index contributed by atoms with van der Waals surface area (Å²) in [4.78, 5) is 16.4. The Hall–Kier alpha value is -1.92. The molecule has 1 N–H and O–H groups in total. The van der Waals surface area contributed by atoms with Gasteiger partial charge in [-0.3, -0.25) is 4.79 Å². The molecule has 0 saturated carbocycles. The number of aliphatic hydroxyl groups is 1. The fourth-order valence-corrected chi connectivity index (χ4v) is 3.28. The molecule has 3 rings (SSSR count). The average Bonchev–Trinajstić information content (AvgIpc) is 2.92. The predicted octanol–water partition coefficient (Wildman–Crippen LogP) is 2.43. The lowest BCUT2D eigenvalue weighted by atomic mass is 9.95. The summed E-state index contributed by atoms with van der Waals surface area (Å²) < 4.78 is 20.3. The van der Waals surface area contributed by atoms with E-state index in [4.69, 9.17) is 4.42 Å². The number of piperidine rings is 1. The molecule has 2 heterocycles. The van der Waals surface area contributed by atoms with Crippen molar-refractivity contribution in [3.05, 3.63) is 35.6 Å². The number of benzene rings is 1. The van der Waals surface area contributed by atoms with E-state index in [9.17, 15) is 14.3 Å². The smallest absolute Gasteiger partial charge is 0.290 e. The SMILES string of the molecule is CN(C)Cc1c(C(=O)N2CCCC(F)(CO)C2)oc2ccccc12. The van der Waals surface area contributed by atoms with E-state index in [0.29, 0.717) is 25.1 Å². The predicted molar refractivity (Wildman–Crippen MR) is 89.7 cm³/mol. The lowest BCUT2D eigenvalue weighted by Gasteiger charge is -2.36. The van der Waals surface area contributed by atoms with Crippen molar-refractivity contribution in [1.29, 1.82) is 0 Å². The zero-order valence-corrected chi connectivity index (χ0v) is 14.1. The van der Waals surface area contributed by atoms with Gasteiger partial charge in [-0.1, -0.05) is 18.2 Å². The fraction of sp³-hybridized carbons (Fsp3) is 0.500. The standard InChI is InChI=1S/C18H23FN2O3/c1-20(2)10-14-13-6-3-4-7-15(13)24-16(14)17(23)21-9-5-8-18(19,11-21)12-22/h3-4,6-7,22H,5,8-12H2,1-2H3. The molecule has 0 aliphatic carbocycles. The van der Waals surface area contributed by atoms with Crippen molar-refractivity contribution in [3.8, 4) is 0 Å². The first kappa shape index (κ1) is 16.9. The topological polar surface area (TPSA) is 56.9 Å². The van der Waals surface area contributed by atoms with Crippen molar-refractivity contribution in [1.82, 2.24) is 9.80 Å². The summed E-state index contributed by atoms with van der Waals surface area (Å²) in [5.41, 5.74) is -0.246. The molecule has 1 aliphatic rings. The van der Waals surface area contributed by atoms with Crippen LogP contribution in [0.25, 0.3) is 11.0 Å². The molecular formula is C18H23FN2O3. The number of hydrogen-bond acceptors (Lipinski definition) is 4. The zero-order valence-electron chi connectivity index (χ0n) is 14.1. The van der Waals surface area contributed by atoms with Crippen LogP contribution < -0.4 is 0 Å². The lowest BCUT2D eigenvalue weighted by Crippen LogP contribution is -2.49. The molecular weight excluding hydrogens is 311 g/mol. The van der Waals surface area contributed by atoms with Gasteiger partial charge < -0.3 is 19.3 Å². The Balaban J connectivity index is 1.97. The highest BCUT2D eigenvalue weighted by Gasteiger charge is 2.38. The average molecular weight is 334 g/mol. The molecule has 1 amide bonds. The Morgan fingerprint density at radius 3 is 2.88 bits per heavy atom. The summed E-state index contributed by atoms with van der Waals surface area (Å²) >= 11 is 0. The Morgan fingerprint density at radius 1 is 1.42 bits per heavy atom. The maximum atomic E-state index is 14.5. The highest BCUT2D eigenvalue weighted by molar-refractivity contribution is 5.99. The molecule has 1 saturated heterocycles. The Labute approximate surface area is 140 Å². The van der Waals surface area contributed by atoms with Crippen molar-refractivity contribution in [2.75, 3.05) is 33.8 Å². The number of carbonyl (C=O) groups is 1. The van der Waals surface area contributed by atoms with Crippen molar-refractivity contribution in [3.63, 3.8) is 0 Å². The van der Waals surface area contributed by atoms with Gasteiger partial charge in [-0.15, -0.1) is 0 Å². The molecule has 2 aromatic rings. The minimum atomic E-state index is -1.72. The maximum Gasteiger partial charge on any atom is 0.290 e. The van der Waals surface area contributed by atoms with Gasteiger partial charge in [0.25, 0.3) is 5.91 Å². The summed E-state index contributed by atoms with van der Waals surface area (Å²) in [6.07, 6.45) is 0.810. The summed E-state index contributed by atoms with van der Waals surface area (Å²) in [7, 11) is 3.85. The van der Waals surface area contributed by atoms with Gasteiger partial charge in [-0.25, -0.2) is 4.39 Å². The molecule has 1 unspecified atom stereocenters. The molecule has 0 spiro atoms. The number of nitrogens with zero attached hydrogens (tertiary/aromatic N) is 2. The van der Waals surface area contributed by atoms with E-state index in [2.05, 4.69) is 0 Å². The number of para-hydroxylation sites is 1. The second-order valence-electron chi connectivity index (χ2n) is 6.78. The van der Waals surface area contributed by atoms with Crippen LogP contribution in [-0.2, 0) is 6.54 Å². The van der Waals surface area contributed by atoms with Crippen LogP contribution in [0.4, 0.5) is 4.39 Å². The molecule has 1 fully saturated rings. The number of alkyl halides is 1. The van der Waals surface area contributed by atoms with Gasteiger partial charge in [0.1, 0.15) is 5.58 Å². The number of hydrogen-bond donors (Lipinski definition) is 1. The number of amides is 1. The number of aliphatic hydroxyl groups excluding tert-OH is 1. The first-order valence-electron chi connectivity index (χ1n) is 8.18.